The third kappa shape index (κ3) is 21.7. The second-order valence-corrected chi connectivity index (χ2v) is 8.57. The molecule has 0 aliphatic heterocycles. The molecule has 0 saturated heterocycles. The van der Waals surface area contributed by atoms with Gasteiger partial charge in [0.05, 0.1) is 0 Å². The van der Waals surface area contributed by atoms with Crippen molar-refractivity contribution < 1.29 is 69.5 Å². The summed E-state index contributed by atoms with van der Waals surface area (Å²) in [4.78, 5) is 0. The molecule has 6 heteroatoms. The predicted molar refractivity (Wildman–Crippen MR) is 99.9 cm³/mol. The van der Waals surface area contributed by atoms with Crippen LogP contribution in [0.3, 0.4) is 0 Å². The van der Waals surface area contributed by atoms with Crippen LogP contribution in [0.2, 0.25) is 0 Å². The Kier molecular flexibility index (Phi) is 23.3. The molecule has 146 valence electrons. The summed E-state index contributed by atoms with van der Waals surface area (Å²) in [5.74, 6) is 0. The molecule has 4 nitrogen and oxygen atoms in total. The molecule has 0 spiro atoms. The zero-order chi connectivity index (χ0) is 18.1. The predicted octanol–water partition coefficient (Wildman–Crippen LogP) is 2.51. The van der Waals surface area contributed by atoms with Gasteiger partial charge in [-0.05, 0) is 12.8 Å². The van der Waals surface area contributed by atoms with E-state index in [4.69, 9.17) is 5.11 Å². The fourth-order valence-corrected chi connectivity index (χ4v) is 3.47. The average Bonchev–Trinajstić information content (AvgIpc) is 2.53. The van der Waals surface area contributed by atoms with E-state index in [0.29, 0.717) is 6.42 Å². The Morgan fingerprint density at radius 3 is 1.24 bits per heavy atom. The van der Waals surface area contributed by atoms with Crippen LogP contribution in [0, 0.1) is 0 Å². The number of hydrogen-bond acceptors (Lipinski definition) is 4. The third-order valence-electron chi connectivity index (χ3n) is 4.64. The minimum atomic E-state index is -4.52. The normalized spacial score (nSPS) is 12.8. The second-order valence-electron chi connectivity index (χ2n) is 7.04. The molecule has 0 aliphatic carbocycles. The van der Waals surface area contributed by atoms with Crippen LogP contribution in [0.4, 0.5) is 0 Å². The first kappa shape index (κ1) is 28.7. The number of aliphatic hydroxyl groups is 1. The van der Waals surface area contributed by atoms with Gasteiger partial charge >= 0.3 is 51.4 Å². The summed E-state index contributed by atoms with van der Waals surface area (Å²) in [5, 5.41) is 9.10. The summed E-state index contributed by atoms with van der Waals surface area (Å²) >= 11 is 0. The van der Waals surface area contributed by atoms with Crippen molar-refractivity contribution in [2.24, 2.45) is 0 Å². The molecule has 1 unspecified atom stereocenters. The van der Waals surface area contributed by atoms with E-state index in [2.05, 4.69) is 6.92 Å². The van der Waals surface area contributed by atoms with Gasteiger partial charge in [0.2, 0.25) is 0 Å². The molecule has 25 heavy (non-hydrogen) atoms. The molecule has 0 saturated carbocycles. The minimum absolute atomic E-state index is 0. The van der Waals surface area contributed by atoms with Crippen molar-refractivity contribution in [3.63, 3.8) is 0 Å². The zero-order valence-electron chi connectivity index (χ0n) is 16.7. The molecule has 0 fully saturated rings. The molecular weight excluding hydrogens is 363 g/mol. The Morgan fingerprint density at radius 2 is 0.960 bits per heavy atom. The first-order valence-corrected chi connectivity index (χ1v) is 11.6. The Labute approximate surface area is 199 Å². The molecule has 0 rings (SSSR count). The van der Waals surface area contributed by atoms with Crippen molar-refractivity contribution in [1.29, 1.82) is 0 Å². The molecule has 1 atom stereocenters. The van der Waals surface area contributed by atoms with Crippen LogP contribution < -0.4 is 51.4 Å². The quantitative estimate of drug-likeness (QED) is 0.217. The maximum Gasteiger partial charge on any atom is 1.00 e. The van der Waals surface area contributed by atoms with Crippen molar-refractivity contribution in [3.05, 3.63) is 0 Å². The number of rotatable bonds is 18. The van der Waals surface area contributed by atoms with E-state index in [0.717, 1.165) is 19.3 Å². The monoisotopic (exact) mass is 402 g/mol. The van der Waals surface area contributed by atoms with Crippen LogP contribution in [-0.4, -0.2) is 23.5 Å². The topological polar surface area (TPSA) is 77.4 Å². The first-order valence-electron chi connectivity index (χ1n) is 10.1. The standard InChI is InChI=1S/C19H40O4S.K/c1-2-3-4-5-6-7-8-9-10-11-12-13-14-15-16-17-18-19(20)24(21,22)23;/h19-20H,2-18H2,1H3,(H,21,22,23);/q;+1/p-1. The first-order chi connectivity index (χ1) is 11.5. The molecular formula is C19H39KO4S. The summed E-state index contributed by atoms with van der Waals surface area (Å²) in [5.41, 5.74) is -1.72. The van der Waals surface area contributed by atoms with E-state index in [-0.39, 0.29) is 57.8 Å². The maximum absolute atomic E-state index is 10.5. The van der Waals surface area contributed by atoms with Gasteiger partial charge in [0.1, 0.15) is 15.6 Å². The van der Waals surface area contributed by atoms with Crippen LogP contribution in [0.25, 0.3) is 0 Å². The van der Waals surface area contributed by atoms with Gasteiger partial charge in [0.15, 0.2) is 0 Å². The van der Waals surface area contributed by atoms with Crippen molar-refractivity contribution in [3.8, 4) is 0 Å². The molecule has 0 bridgehead atoms. The fourth-order valence-electron chi connectivity index (χ4n) is 3.01. The van der Waals surface area contributed by atoms with Gasteiger partial charge in [-0.1, -0.05) is 103 Å². The van der Waals surface area contributed by atoms with Crippen LogP contribution in [0.15, 0.2) is 0 Å². The summed E-state index contributed by atoms with van der Waals surface area (Å²) < 4.78 is 31.6. The van der Waals surface area contributed by atoms with Crippen LogP contribution in [-0.2, 0) is 10.1 Å². The van der Waals surface area contributed by atoms with E-state index in [1.165, 1.54) is 77.0 Å². The van der Waals surface area contributed by atoms with E-state index < -0.39 is 15.6 Å². The van der Waals surface area contributed by atoms with Gasteiger partial charge in [-0.15, -0.1) is 0 Å². The van der Waals surface area contributed by atoms with Crippen LogP contribution >= 0.6 is 0 Å². The number of aliphatic hydroxyl groups excluding tert-OH is 1. The minimum Gasteiger partial charge on any atom is -0.746 e. The molecule has 0 radical (unpaired) electrons. The van der Waals surface area contributed by atoms with E-state index >= 15 is 0 Å². The van der Waals surface area contributed by atoms with Crippen molar-refractivity contribution in [1.82, 2.24) is 0 Å². The molecule has 0 amide bonds. The van der Waals surface area contributed by atoms with E-state index in [9.17, 15) is 13.0 Å². The third-order valence-corrected chi connectivity index (χ3v) is 5.54. The largest absolute Gasteiger partial charge is 1.00 e. The SMILES string of the molecule is CCCCCCCCCCCCCCCCCCC(O)S(=O)(=O)[O-].[K+]. The molecule has 0 aliphatic rings. The number of hydrogen-bond donors (Lipinski definition) is 1. The van der Waals surface area contributed by atoms with Gasteiger partial charge in [-0.25, -0.2) is 8.42 Å². The van der Waals surface area contributed by atoms with Gasteiger partial charge in [0, 0.05) is 0 Å². The fraction of sp³-hybridized carbons (Fsp3) is 1.00. The molecule has 0 heterocycles. The molecule has 0 aromatic carbocycles. The van der Waals surface area contributed by atoms with Crippen LogP contribution in [0.5, 0.6) is 0 Å². The Bertz CT molecular complexity index is 360. The zero-order valence-corrected chi connectivity index (χ0v) is 20.6. The second kappa shape index (κ2) is 20.2. The molecule has 0 aromatic heterocycles. The Balaban J connectivity index is 0. The summed E-state index contributed by atoms with van der Waals surface area (Å²) in [7, 11) is -4.52. The van der Waals surface area contributed by atoms with Crippen LogP contribution in [0.1, 0.15) is 116 Å². The molecule has 1 N–H and O–H groups in total. The van der Waals surface area contributed by atoms with Gasteiger partial charge in [-0.3, -0.25) is 0 Å². The number of unbranched alkanes of at least 4 members (excludes halogenated alkanes) is 15. The Morgan fingerprint density at radius 1 is 0.680 bits per heavy atom. The maximum atomic E-state index is 10.5. The van der Waals surface area contributed by atoms with E-state index in [1.807, 2.05) is 0 Å². The van der Waals surface area contributed by atoms with Crippen molar-refractivity contribution in [2.45, 2.75) is 122 Å². The molecule has 0 aromatic rings. The Hall–Kier alpha value is 1.51. The van der Waals surface area contributed by atoms with Crippen molar-refractivity contribution in [2.75, 3.05) is 0 Å². The summed E-state index contributed by atoms with van der Waals surface area (Å²) in [6.07, 6.45) is 20.1. The van der Waals surface area contributed by atoms with Gasteiger partial charge < -0.3 is 9.66 Å². The van der Waals surface area contributed by atoms with E-state index in [1.54, 1.807) is 0 Å². The summed E-state index contributed by atoms with van der Waals surface area (Å²) in [6.45, 7) is 2.26. The van der Waals surface area contributed by atoms with Crippen molar-refractivity contribution >= 4 is 10.1 Å². The van der Waals surface area contributed by atoms with Gasteiger partial charge in [-0.2, -0.15) is 0 Å². The van der Waals surface area contributed by atoms with Gasteiger partial charge in [0.25, 0.3) is 0 Å². The average molecular weight is 403 g/mol. The summed E-state index contributed by atoms with van der Waals surface area (Å²) in [6, 6.07) is 0. The smallest absolute Gasteiger partial charge is 0.746 e.